The summed E-state index contributed by atoms with van der Waals surface area (Å²) in [6, 6.07) is 8.87. The molecular formula is C15H21N3O3. The summed E-state index contributed by atoms with van der Waals surface area (Å²) in [4.78, 5) is 23.4. The summed E-state index contributed by atoms with van der Waals surface area (Å²) < 4.78 is 5.38. The van der Waals surface area contributed by atoms with Crippen molar-refractivity contribution in [3.05, 3.63) is 35.9 Å². The van der Waals surface area contributed by atoms with Crippen LogP contribution < -0.4 is 16.0 Å². The lowest BCUT2D eigenvalue weighted by molar-refractivity contribution is -0.124. The normalized spacial score (nSPS) is 19.5. The molecule has 0 bridgehead atoms. The number of ether oxygens (including phenoxy) is 1. The van der Waals surface area contributed by atoms with E-state index in [2.05, 4.69) is 16.0 Å². The minimum atomic E-state index is -0.448. The predicted molar refractivity (Wildman–Crippen MR) is 78.8 cm³/mol. The first-order valence-corrected chi connectivity index (χ1v) is 7.10. The van der Waals surface area contributed by atoms with Crippen LogP contribution in [0.25, 0.3) is 0 Å². The van der Waals surface area contributed by atoms with Gasteiger partial charge in [-0.2, -0.15) is 0 Å². The molecule has 0 saturated carbocycles. The first kappa shape index (κ1) is 15.3. The Balaban J connectivity index is 1.81. The first-order valence-electron chi connectivity index (χ1n) is 7.10. The van der Waals surface area contributed by atoms with Gasteiger partial charge in [-0.1, -0.05) is 30.3 Å². The maximum Gasteiger partial charge on any atom is 0.315 e. The molecule has 1 aromatic carbocycles. The number of methoxy groups -OCH3 is 1. The number of piperidine rings is 1. The molecular weight excluding hydrogens is 270 g/mol. The van der Waals surface area contributed by atoms with Gasteiger partial charge in [0.05, 0.1) is 6.10 Å². The summed E-state index contributed by atoms with van der Waals surface area (Å²) in [5.41, 5.74) is 0.996. The molecule has 1 aromatic rings. The molecule has 0 aliphatic carbocycles. The van der Waals surface area contributed by atoms with E-state index >= 15 is 0 Å². The van der Waals surface area contributed by atoms with Crippen molar-refractivity contribution in [1.29, 1.82) is 0 Å². The molecule has 0 spiro atoms. The van der Waals surface area contributed by atoms with E-state index in [1.54, 1.807) is 7.11 Å². The summed E-state index contributed by atoms with van der Waals surface area (Å²) in [5.74, 6) is -0.122. The Labute approximate surface area is 124 Å². The van der Waals surface area contributed by atoms with Gasteiger partial charge in [0.25, 0.3) is 0 Å². The maximum atomic E-state index is 11.9. The Morgan fingerprint density at radius 3 is 2.86 bits per heavy atom. The topological polar surface area (TPSA) is 79.5 Å². The van der Waals surface area contributed by atoms with Crippen LogP contribution in [0.1, 0.15) is 24.5 Å². The predicted octanol–water partition coefficient (Wildman–Crippen LogP) is 0.952. The second-order valence-corrected chi connectivity index (χ2v) is 4.98. The van der Waals surface area contributed by atoms with Crippen LogP contribution >= 0.6 is 0 Å². The summed E-state index contributed by atoms with van der Waals surface area (Å²) in [5, 5.41) is 8.16. The number of carbonyl (C=O) groups excluding carboxylic acids is 2. The van der Waals surface area contributed by atoms with E-state index < -0.39 is 6.04 Å². The molecule has 1 fully saturated rings. The summed E-state index contributed by atoms with van der Waals surface area (Å²) in [6.07, 6.45) is 1.34. The van der Waals surface area contributed by atoms with Crippen molar-refractivity contribution in [1.82, 2.24) is 16.0 Å². The van der Waals surface area contributed by atoms with Gasteiger partial charge in [0.1, 0.15) is 6.04 Å². The van der Waals surface area contributed by atoms with Gasteiger partial charge >= 0.3 is 6.03 Å². The van der Waals surface area contributed by atoms with Gasteiger partial charge in [-0.05, 0) is 18.4 Å². The van der Waals surface area contributed by atoms with E-state index in [-0.39, 0.29) is 18.0 Å². The Hall–Kier alpha value is -2.08. The highest BCUT2D eigenvalue weighted by atomic mass is 16.5. The van der Waals surface area contributed by atoms with Crippen LogP contribution in [0.2, 0.25) is 0 Å². The molecule has 21 heavy (non-hydrogen) atoms. The van der Waals surface area contributed by atoms with Crippen LogP contribution in [0.4, 0.5) is 4.79 Å². The molecule has 3 N–H and O–H groups in total. The van der Waals surface area contributed by atoms with Crippen LogP contribution in [0, 0.1) is 0 Å². The molecule has 1 aliphatic rings. The van der Waals surface area contributed by atoms with Crippen molar-refractivity contribution in [3.63, 3.8) is 0 Å². The standard InChI is InChI=1S/C15H21N3O3/c1-21-13(11-6-3-2-4-7-11)10-17-15(20)18-12-8-5-9-16-14(12)19/h2-4,6-7,12-13H,5,8-10H2,1H3,(H,16,19)(H2,17,18,20)/t12-,13+/m0/s1. The molecule has 1 saturated heterocycles. The smallest absolute Gasteiger partial charge is 0.315 e. The molecule has 1 heterocycles. The second-order valence-electron chi connectivity index (χ2n) is 4.98. The van der Waals surface area contributed by atoms with Crippen molar-refractivity contribution < 1.29 is 14.3 Å². The zero-order chi connectivity index (χ0) is 15.1. The molecule has 2 rings (SSSR count). The quantitative estimate of drug-likeness (QED) is 0.756. The first-order chi connectivity index (χ1) is 10.2. The Bertz CT molecular complexity index is 478. The van der Waals surface area contributed by atoms with Crippen LogP contribution in [-0.2, 0) is 9.53 Å². The monoisotopic (exact) mass is 291 g/mol. The lowest BCUT2D eigenvalue weighted by atomic mass is 10.1. The largest absolute Gasteiger partial charge is 0.375 e. The molecule has 114 valence electrons. The van der Waals surface area contributed by atoms with Gasteiger partial charge in [-0.3, -0.25) is 4.79 Å². The number of rotatable bonds is 5. The summed E-state index contributed by atoms with van der Waals surface area (Å²) >= 11 is 0. The highest BCUT2D eigenvalue weighted by Crippen LogP contribution is 2.14. The van der Waals surface area contributed by atoms with Crippen LogP contribution in [0.15, 0.2) is 30.3 Å². The average Bonchev–Trinajstić information content (AvgIpc) is 2.51. The zero-order valence-electron chi connectivity index (χ0n) is 12.1. The fourth-order valence-corrected chi connectivity index (χ4v) is 2.31. The Morgan fingerprint density at radius 2 is 2.19 bits per heavy atom. The number of amides is 3. The average molecular weight is 291 g/mol. The number of hydrogen-bond donors (Lipinski definition) is 3. The number of urea groups is 1. The van der Waals surface area contributed by atoms with Gasteiger partial charge in [-0.15, -0.1) is 0 Å². The third-order valence-electron chi connectivity index (χ3n) is 3.49. The summed E-state index contributed by atoms with van der Waals surface area (Å²) in [7, 11) is 1.60. The van der Waals surface area contributed by atoms with Crippen LogP contribution in [0.5, 0.6) is 0 Å². The van der Waals surface area contributed by atoms with Crippen LogP contribution in [-0.4, -0.2) is 38.2 Å². The fraction of sp³-hybridized carbons (Fsp3) is 0.467. The molecule has 0 unspecified atom stereocenters. The highest BCUT2D eigenvalue weighted by molar-refractivity contribution is 5.87. The van der Waals surface area contributed by atoms with E-state index in [1.807, 2.05) is 30.3 Å². The maximum absolute atomic E-state index is 11.9. The molecule has 0 aromatic heterocycles. The van der Waals surface area contributed by atoms with E-state index in [4.69, 9.17) is 4.74 Å². The fourth-order valence-electron chi connectivity index (χ4n) is 2.31. The van der Waals surface area contributed by atoms with Crippen LogP contribution in [0.3, 0.4) is 0 Å². The van der Waals surface area contributed by atoms with Crippen molar-refractivity contribution in [2.24, 2.45) is 0 Å². The number of nitrogens with one attached hydrogen (secondary N) is 3. The minimum absolute atomic E-state index is 0.122. The van der Waals surface area contributed by atoms with Gasteiger partial charge in [0.2, 0.25) is 5.91 Å². The molecule has 2 atom stereocenters. The highest BCUT2D eigenvalue weighted by Gasteiger charge is 2.23. The summed E-state index contributed by atoms with van der Waals surface area (Å²) in [6.45, 7) is 1.03. The molecule has 3 amide bonds. The van der Waals surface area contributed by atoms with Crippen molar-refractivity contribution in [2.45, 2.75) is 25.0 Å². The molecule has 0 radical (unpaired) electrons. The second kappa shape index (κ2) is 7.64. The molecule has 1 aliphatic heterocycles. The van der Waals surface area contributed by atoms with Crippen molar-refractivity contribution in [2.75, 3.05) is 20.2 Å². The third-order valence-corrected chi connectivity index (χ3v) is 3.49. The molecule has 6 nitrogen and oxygen atoms in total. The Kier molecular flexibility index (Phi) is 5.57. The number of carbonyl (C=O) groups is 2. The molecule has 6 heteroatoms. The van der Waals surface area contributed by atoms with Gasteiger partial charge in [-0.25, -0.2) is 4.79 Å². The van der Waals surface area contributed by atoms with Crippen molar-refractivity contribution >= 4 is 11.9 Å². The minimum Gasteiger partial charge on any atom is -0.375 e. The lowest BCUT2D eigenvalue weighted by Crippen LogP contribution is -2.53. The van der Waals surface area contributed by atoms with E-state index in [0.717, 1.165) is 12.0 Å². The van der Waals surface area contributed by atoms with Gasteiger partial charge in [0.15, 0.2) is 0 Å². The SMILES string of the molecule is CO[C@H](CNC(=O)N[C@H]1CCCNC1=O)c1ccccc1. The zero-order valence-corrected chi connectivity index (χ0v) is 12.1. The van der Waals surface area contributed by atoms with Gasteiger partial charge in [0, 0.05) is 20.2 Å². The van der Waals surface area contributed by atoms with E-state index in [1.165, 1.54) is 0 Å². The van der Waals surface area contributed by atoms with E-state index in [0.29, 0.717) is 19.5 Å². The van der Waals surface area contributed by atoms with E-state index in [9.17, 15) is 9.59 Å². The Morgan fingerprint density at radius 1 is 1.43 bits per heavy atom. The number of benzene rings is 1. The van der Waals surface area contributed by atoms with Gasteiger partial charge < -0.3 is 20.7 Å². The number of hydrogen-bond acceptors (Lipinski definition) is 3. The third kappa shape index (κ3) is 4.46. The van der Waals surface area contributed by atoms with Crippen molar-refractivity contribution in [3.8, 4) is 0 Å². The lowest BCUT2D eigenvalue weighted by Gasteiger charge is -2.23.